The molecule has 0 unspecified atom stereocenters. The summed E-state index contributed by atoms with van der Waals surface area (Å²) in [6.45, 7) is 5.79. The van der Waals surface area contributed by atoms with Crippen molar-refractivity contribution in [3.05, 3.63) is 30.1 Å². The van der Waals surface area contributed by atoms with E-state index in [1.54, 1.807) is 12.1 Å². The Kier molecular flexibility index (Phi) is 4.87. The Morgan fingerprint density at radius 2 is 1.84 bits per heavy atom. The number of hydrogen-bond acceptors (Lipinski definition) is 4. The predicted octanol–water partition coefficient (Wildman–Crippen LogP) is 2.79. The van der Waals surface area contributed by atoms with Gasteiger partial charge in [-0.05, 0) is 38.1 Å². The zero-order valence-corrected chi connectivity index (χ0v) is 11.3. The first kappa shape index (κ1) is 14.0. The van der Waals surface area contributed by atoms with Crippen molar-refractivity contribution in [2.24, 2.45) is 5.10 Å². The van der Waals surface area contributed by atoms with E-state index < -0.39 is 0 Å². The van der Waals surface area contributed by atoms with Crippen LogP contribution < -0.4 is 5.01 Å². The molecule has 0 amide bonds. The summed E-state index contributed by atoms with van der Waals surface area (Å²) in [7, 11) is 0. The van der Waals surface area contributed by atoms with Gasteiger partial charge in [0.2, 0.25) is 0 Å². The number of halogens is 1. The van der Waals surface area contributed by atoms with Crippen LogP contribution in [0.4, 0.5) is 10.1 Å². The van der Waals surface area contributed by atoms with Crippen LogP contribution in [0.15, 0.2) is 29.4 Å². The monoisotopic (exact) mass is 266 g/mol. The average Bonchev–Trinajstić information content (AvgIpc) is 2.89. The molecule has 0 saturated carbocycles. The van der Waals surface area contributed by atoms with Gasteiger partial charge < -0.3 is 9.47 Å². The molecule has 0 saturated heterocycles. The third kappa shape index (κ3) is 3.52. The molecule has 0 atom stereocenters. The number of benzene rings is 1. The van der Waals surface area contributed by atoms with Gasteiger partial charge in [-0.1, -0.05) is 0 Å². The molecule has 2 rings (SSSR count). The van der Waals surface area contributed by atoms with E-state index in [0.29, 0.717) is 13.2 Å². The Balaban J connectivity index is 2.08. The van der Waals surface area contributed by atoms with Crippen molar-refractivity contribution in [1.29, 1.82) is 0 Å². The first-order chi connectivity index (χ1) is 9.24. The number of nitrogens with zero attached hydrogens (tertiary/aromatic N) is 2. The molecule has 1 heterocycles. The third-order valence-electron chi connectivity index (χ3n) is 2.86. The molecule has 0 radical (unpaired) electrons. The van der Waals surface area contributed by atoms with Crippen LogP contribution in [0.3, 0.4) is 0 Å². The maximum absolute atomic E-state index is 12.9. The molecule has 1 aliphatic heterocycles. The summed E-state index contributed by atoms with van der Waals surface area (Å²) in [6.07, 6.45) is 0.419. The van der Waals surface area contributed by atoms with E-state index in [0.717, 1.165) is 24.4 Å². The van der Waals surface area contributed by atoms with Crippen LogP contribution in [0.5, 0.6) is 0 Å². The van der Waals surface area contributed by atoms with Crippen molar-refractivity contribution in [2.75, 3.05) is 24.8 Å². The molecule has 5 heteroatoms. The smallest absolute Gasteiger partial charge is 0.198 e. The summed E-state index contributed by atoms with van der Waals surface area (Å²) in [5.41, 5.74) is 1.76. The number of anilines is 1. The quantitative estimate of drug-likeness (QED) is 0.742. The zero-order valence-electron chi connectivity index (χ0n) is 11.3. The van der Waals surface area contributed by atoms with Crippen LogP contribution in [0.2, 0.25) is 0 Å². The summed E-state index contributed by atoms with van der Waals surface area (Å²) >= 11 is 0. The second kappa shape index (κ2) is 6.63. The van der Waals surface area contributed by atoms with Gasteiger partial charge in [-0.2, -0.15) is 5.10 Å². The highest BCUT2D eigenvalue weighted by Gasteiger charge is 2.24. The maximum Gasteiger partial charge on any atom is 0.198 e. The van der Waals surface area contributed by atoms with Gasteiger partial charge >= 0.3 is 0 Å². The van der Waals surface area contributed by atoms with Crippen LogP contribution >= 0.6 is 0 Å². The van der Waals surface area contributed by atoms with Crippen molar-refractivity contribution < 1.29 is 13.9 Å². The van der Waals surface area contributed by atoms with Gasteiger partial charge in [0.25, 0.3) is 0 Å². The topological polar surface area (TPSA) is 34.1 Å². The molecule has 4 nitrogen and oxygen atoms in total. The summed E-state index contributed by atoms with van der Waals surface area (Å²) in [5, 5.41) is 6.35. The van der Waals surface area contributed by atoms with Gasteiger partial charge in [-0.25, -0.2) is 4.39 Å². The molecule has 0 fully saturated rings. The fourth-order valence-corrected chi connectivity index (χ4v) is 1.98. The number of rotatable bonds is 6. The van der Waals surface area contributed by atoms with Crippen LogP contribution in [0.25, 0.3) is 0 Å². The lowest BCUT2D eigenvalue weighted by Gasteiger charge is -2.16. The van der Waals surface area contributed by atoms with Gasteiger partial charge in [-0.15, -0.1) is 0 Å². The molecule has 1 aliphatic rings. The van der Waals surface area contributed by atoms with Crippen LogP contribution in [-0.4, -0.2) is 31.8 Å². The van der Waals surface area contributed by atoms with E-state index >= 15 is 0 Å². The van der Waals surface area contributed by atoms with Crippen LogP contribution in [0, 0.1) is 5.82 Å². The zero-order chi connectivity index (χ0) is 13.7. The van der Waals surface area contributed by atoms with Gasteiger partial charge in [-0.3, -0.25) is 5.01 Å². The lowest BCUT2D eigenvalue weighted by molar-refractivity contribution is -0.0906. The fraction of sp³-hybridized carbons (Fsp3) is 0.500. The van der Waals surface area contributed by atoms with Crippen LogP contribution in [0.1, 0.15) is 20.3 Å². The van der Waals surface area contributed by atoms with E-state index in [2.05, 4.69) is 5.10 Å². The highest BCUT2D eigenvalue weighted by atomic mass is 19.1. The van der Waals surface area contributed by atoms with Crippen molar-refractivity contribution in [3.8, 4) is 0 Å². The summed E-state index contributed by atoms with van der Waals surface area (Å²) in [5.74, 6) is -0.242. The van der Waals surface area contributed by atoms with Gasteiger partial charge in [0, 0.05) is 26.2 Å². The maximum atomic E-state index is 12.9. The van der Waals surface area contributed by atoms with Crippen molar-refractivity contribution >= 4 is 11.4 Å². The van der Waals surface area contributed by atoms with Gasteiger partial charge in [0.15, 0.2) is 6.29 Å². The normalized spacial score (nSPS) is 15.2. The average molecular weight is 266 g/mol. The van der Waals surface area contributed by atoms with Gasteiger partial charge in [0.1, 0.15) is 5.82 Å². The molecule has 0 aromatic heterocycles. The first-order valence-corrected chi connectivity index (χ1v) is 6.58. The van der Waals surface area contributed by atoms with Crippen LogP contribution in [-0.2, 0) is 9.47 Å². The number of ether oxygens (including phenoxy) is 2. The summed E-state index contributed by atoms with van der Waals surface area (Å²) < 4.78 is 23.9. The second-order valence-corrected chi connectivity index (χ2v) is 4.18. The Hall–Kier alpha value is -1.46. The van der Waals surface area contributed by atoms with Gasteiger partial charge in [0.05, 0.1) is 11.4 Å². The molecular weight excluding hydrogens is 247 g/mol. The Bertz CT molecular complexity index is 428. The third-order valence-corrected chi connectivity index (χ3v) is 2.86. The molecular formula is C14H19FN2O2. The van der Waals surface area contributed by atoms with Crippen molar-refractivity contribution in [3.63, 3.8) is 0 Å². The molecule has 104 valence electrons. The Morgan fingerprint density at radius 1 is 1.21 bits per heavy atom. The largest absolute Gasteiger partial charge is 0.348 e. The standard InChI is InChI=1S/C14H19FN2O2/c1-3-18-14(19-4-2)13-9-10-17(16-13)12-7-5-11(15)6-8-12/h5-8,14H,3-4,9-10H2,1-2H3. The highest BCUT2D eigenvalue weighted by Crippen LogP contribution is 2.21. The minimum Gasteiger partial charge on any atom is -0.348 e. The van der Waals surface area contributed by atoms with E-state index in [4.69, 9.17) is 9.47 Å². The van der Waals surface area contributed by atoms with E-state index in [1.165, 1.54) is 12.1 Å². The number of hydrazone groups is 1. The second-order valence-electron chi connectivity index (χ2n) is 4.18. The SMILES string of the molecule is CCOC(OCC)C1=NN(c2ccc(F)cc2)CC1. The van der Waals surface area contributed by atoms with Crippen molar-refractivity contribution in [2.45, 2.75) is 26.6 Å². The van der Waals surface area contributed by atoms with E-state index in [1.807, 2.05) is 18.9 Å². The van der Waals surface area contributed by atoms with E-state index in [9.17, 15) is 4.39 Å². The lowest BCUT2D eigenvalue weighted by atomic mass is 10.2. The molecule has 0 spiro atoms. The molecule has 0 N–H and O–H groups in total. The molecule has 1 aromatic carbocycles. The lowest BCUT2D eigenvalue weighted by Crippen LogP contribution is -2.26. The minimum atomic E-state index is -0.375. The molecule has 0 aliphatic carbocycles. The fourth-order valence-electron chi connectivity index (χ4n) is 1.98. The highest BCUT2D eigenvalue weighted by molar-refractivity contribution is 5.90. The van der Waals surface area contributed by atoms with Crippen molar-refractivity contribution in [1.82, 2.24) is 0 Å². The Morgan fingerprint density at radius 3 is 2.42 bits per heavy atom. The minimum absolute atomic E-state index is 0.242. The summed E-state index contributed by atoms with van der Waals surface area (Å²) in [4.78, 5) is 0. The Labute approximate surface area is 112 Å². The summed E-state index contributed by atoms with van der Waals surface area (Å²) in [6, 6.07) is 6.31. The molecule has 0 bridgehead atoms. The molecule has 19 heavy (non-hydrogen) atoms. The first-order valence-electron chi connectivity index (χ1n) is 6.58. The predicted molar refractivity (Wildman–Crippen MR) is 72.8 cm³/mol. The number of hydrogen-bond donors (Lipinski definition) is 0. The van der Waals surface area contributed by atoms with E-state index in [-0.39, 0.29) is 12.1 Å². The molecule has 1 aromatic rings.